The minimum Gasteiger partial charge on any atom is -0.394 e. The summed E-state index contributed by atoms with van der Waals surface area (Å²) in [5.74, 6) is 0. The average Bonchev–Trinajstić information content (AvgIpc) is 2.10. The van der Waals surface area contributed by atoms with Gasteiger partial charge in [-0.05, 0) is 19.8 Å². The lowest BCUT2D eigenvalue weighted by molar-refractivity contribution is -0.0430. The average molecular weight is 192 g/mol. The lowest BCUT2D eigenvalue weighted by atomic mass is 10.1. The molecule has 0 heterocycles. The van der Waals surface area contributed by atoms with E-state index in [1.54, 1.807) is 6.92 Å². The van der Waals surface area contributed by atoms with Crippen LogP contribution < -0.4 is 0 Å². The van der Waals surface area contributed by atoms with E-state index in [4.69, 9.17) is 20.1 Å². The summed E-state index contributed by atoms with van der Waals surface area (Å²) in [6.07, 6.45) is 0.109. The molecule has 0 aliphatic heterocycles. The van der Waals surface area contributed by atoms with Crippen LogP contribution in [0.1, 0.15) is 26.7 Å². The van der Waals surface area contributed by atoms with Gasteiger partial charge in [-0.1, -0.05) is 6.92 Å². The predicted octanol–water partition coefficient (Wildman–Crippen LogP) is -0.0943. The normalized spacial score (nSPS) is 18.2. The summed E-state index contributed by atoms with van der Waals surface area (Å²) in [6, 6.07) is 0. The van der Waals surface area contributed by atoms with E-state index in [2.05, 4.69) is 0 Å². The van der Waals surface area contributed by atoms with E-state index in [-0.39, 0.29) is 19.3 Å². The van der Waals surface area contributed by atoms with E-state index in [1.807, 2.05) is 6.92 Å². The van der Waals surface area contributed by atoms with E-state index in [0.29, 0.717) is 6.42 Å². The highest BCUT2D eigenvalue weighted by Gasteiger charge is 2.12. The number of rotatable bonds is 7. The highest BCUT2D eigenvalue weighted by molar-refractivity contribution is 4.61. The molecule has 0 aliphatic rings. The Morgan fingerprint density at radius 3 is 2.31 bits per heavy atom. The zero-order chi connectivity index (χ0) is 10.3. The first-order valence-electron chi connectivity index (χ1n) is 4.68. The molecular formula is C9H20O4. The topological polar surface area (TPSA) is 69.9 Å². The fraction of sp³-hybridized carbons (Fsp3) is 1.00. The molecule has 0 aromatic rings. The minimum absolute atomic E-state index is 0.0406. The fourth-order valence-corrected chi connectivity index (χ4v) is 1.03. The largest absolute Gasteiger partial charge is 0.394 e. The molecule has 4 heteroatoms. The van der Waals surface area contributed by atoms with Gasteiger partial charge in [0.15, 0.2) is 0 Å². The van der Waals surface area contributed by atoms with E-state index < -0.39 is 12.2 Å². The Morgan fingerprint density at radius 2 is 1.92 bits per heavy atom. The molecular weight excluding hydrogens is 172 g/mol. The van der Waals surface area contributed by atoms with Gasteiger partial charge in [-0.2, -0.15) is 0 Å². The molecule has 80 valence electrons. The molecule has 13 heavy (non-hydrogen) atoms. The van der Waals surface area contributed by atoms with Gasteiger partial charge < -0.3 is 20.1 Å². The molecule has 0 fully saturated rings. The van der Waals surface area contributed by atoms with Crippen molar-refractivity contribution in [3.05, 3.63) is 0 Å². The summed E-state index contributed by atoms with van der Waals surface area (Å²) < 4.78 is 5.28. The van der Waals surface area contributed by atoms with Crippen LogP contribution in [-0.4, -0.2) is 46.8 Å². The highest BCUT2D eigenvalue weighted by atomic mass is 16.5. The maximum atomic E-state index is 9.08. The third-order valence-corrected chi connectivity index (χ3v) is 1.79. The maximum absolute atomic E-state index is 9.08. The van der Waals surface area contributed by atoms with Crippen molar-refractivity contribution in [2.75, 3.05) is 13.2 Å². The van der Waals surface area contributed by atoms with Crippen LogP contribution in [0.2, 0.25) is 0 Å². The smallest absolute Gasteiger partial charge is 0.100 e. The number of hydrogen-bond donors (Lipinski definition) is 3. The second-order valence-corrected chi connectivity index (χ2v) is 3.28. The summed E-state index contributed by atoms with van der Waals surface area (Å²) in [6.45, 7) is 3.50. The van der Waals surface area contributed by atoms with Crippen LogP contribution in [0.3, 0.4) is 0 Å². The van der Waals surface area contributed by atoms with Gasteiger partial charge in [0, 0.05) is 0 Å². The summed E-state index contributed by atoms with van der Waals surface area (Å²) in [7, 11) is 0. The van der Waals surface area contributed by atoms with Crippen molar-refractivity contribution in [3.63, 3.8) is 0 Å². The minimum atomic E-state index is -0.817. The van der Waals surface area contributed by atoms with Crippen LogP contribution in [-0.2, 0) is 4.74 Å². The first kappa shape index (κ1) is 12.8. The summed E-state index contributed by atoms with van der Waals surface area (Å²) in [4.78, 5) is 0. The Kier molecular flexibility index (Phi) is 7.17. The second-order valence-electron chi connectivity index (χ2n) is 3.28. The fourth-order valence-electron chi connectivity index (χ4n) is 1.03. The van der Waals surface area contributed by atoms with E-state index >= 15 is 0 Å². The zero-order valence-electron chi connectivity index (χ0n) is 8.31. The molecule has 0 saturated heterocycles. The number of hydrogen-bond acceptors (Lipinski definition) is 4. The van der Waals surface area contributed by atoms with Crippen molar-refractivity contribution in [3.8, 4) is 0 Å². The molecule has 0 aliphatic carbocycles. The summed E-state index contributed by atoms with van der Waals surface area (Å²) in [5.41, 5.74) is 0. The Hall–Kier alpha value is -0.160. The van der Waals surface area contributed by atoms with Gasteiger partial charge in [0.05, 0.1) is 25.4 Å². The third-order valence-electron chi connectivity index (χ3n) is 1.79. The molecule has 0 amide bonds. The van der Waals surface area contributed by atoms with Gasteiger partial charge >= 0.3 is 0 Å². The predicted molar refractivity (Wildman–Crippen MR) is 49.4 cm³/mol. The van der Waals surface area contributed by atoms with E-state index in [1.165, 1.54) is 0 Å². The Bertz CT molecular complexity index is 116. The lowest BCUT2D eigenvalue weighted by Crippen LogP contribution is -2.26. The van der Waals surface area contributed by atoms with Crippen molar-refractivity contribution in [2.45, 2.75) is 45.0 Å². The van der Waals surface area contributed by atoms with Gasteiger partial charge in [0.2, 0.25) is 0 Å². The van der Waals surface area contributed by atoms with Gasteiger partial charge in [-0.3, -0.25) is 0 Å². The monoisotopic (exact) mass is 192 g/mol. The first-order valence-corrected chi connectivity index (χ1v) is 4.68. The van der Waals surface area contributed by atoms with Crippen molar-refractivity contribution in [2.24, 2.45) is 0 Å². The lowest BCUT2D eigenvalue weighted by Gasteiger charge is -2.18. The Labute approximate surface area is 79.2 Å². The molecule has 3 atom stereocenters. The van der Waals surface area contributed by atoms with Crippen LogP contribution in [0.15, 0.2) is 0 Å². The van der Waals surface area contributed by atoms with E-state index in [9.17, 15) is 0 Å². The molecule has 0 rings (SSSR count). The molecule has 3 N–H and O–H groups in total. The summed E-state index contributed by atoms with van der Waals surface area (Å²) >= 11 is 0. The van der Waals surface area contributed by atoms with Crippen molar-refractivity contribution in [1.82, 2.24) is 0 Å². The van der Waals surface area contributed by atoms with Gasteiger partial charge in [0.25, 0.3) is 0 Å². The van der Waals surface area contributed by atoms with Gasteiger partial charge in [-0.15, -0.1) is 0 Å². The molecule has 0 aromatic heterocycles. The number of aliphatic hydroxyl groups is 3. The number of ether oxygens (including phenoxy) is 1. The van der Waals surface area contributed by atoms with Crippen molar-refractivity contribution in [1.29, 1.82) is 0 Å². The van der Waals surface area contributed by atoms with Gasteiger partial charge in [-0.25, -0.2) is 0 Å². The van der Waals surface area contributed by atoms with Crippen molar-refractivity contribution < 1.29 is 20.1 Å². The quantitative estimate of drug-likeness (QED) is 0.527. The molecule has 4 nitrogen and oxygen atoms in total. The highest BCUT2D eigenvalue weighted by Crippen LogP contribution is 2.07. The Balaban J connectivity index is 3.59. The van der Waals surface area contributed by atoms with Crippen molar-refractivity contribution >= 4 is 0 Å². The second kappa shape index (κ2) is 7.26. The van der Waals surface area contributed by atoms with Crippen LogP contribution in [0.4, 0.5) is 0 Å². The van der Waals surface area contributed by atoms with Gasteiger partial charge in [0.1, 0.15) is 6.10 Å². The Morgan fingerprint density at radius 1 is 1.31 bits per heavy atom. The zero-order valence-corrected chi connectivity index (χ0v) is 8.31. The molecule has 0 radical (unpaired) electrons. The molecule has 0 aromatic carbocycles. The molecule has 3 unspecified atom stereocenters. The summed E-state index contributed by atoms with van der Waals surface area (Å²) in [5, 5.41) is 26.6. The number of aliphatic hydroxyl groups excluding tert-OH is 3. The first-order chi connectivity index (χ1) is 6.10. The molecule has 0 bridgehead atoms. The third kappa shape index (κ3) is 6.95. The molecule has 0 spiro atoms. The SMILES string of the molecule is CCC(CC(C)O)OCC(O)CO. The van der Waals surface area contributed by atoms with E-state index in [0.717, 1.165) is 6.42 Å². The maximum Gasteiger partial charge on any atom is 0.100 e. The van der Waals surface area contributed by atoms with Crippen LogP contribution in [0.5, 0.6) is 0 Å². The molecule has 0 saturated carbocycles. The van der Waals surface area contributed by atoms with Crippen LogP contribution in [0.25, 0.3) is 0 Å². The van der Waals surface area contributed by atoms with Crippen LogP contribution >= 0.6 is 0 Å². The standard InChI is InChI=1S/C9H20O4/c1-3-9(4-7(2)11)13-6-8(12)5-10/h7-12H,3-6H2,1-2H3. The van der Waals surface area contributed by atoms with Crippen LogP contribution in [0, 0.1) is 0 Å².